The quantitative estimate of drug-likeness (QED) is 0.751. The summed E-state index contributed by atoms with van der Waals surface area (Å²) in [6.07, 6.45) is -0.388. The van der Waals surface area contributed by atoms with Gasteiger partial charge in [0.15, 0.2) is 0 Å². The highest BCUT2D eigenvalue weighted by molar-refractivity contribution is 14.1. The molecule has 0 bridgehead atoms. The van der Waals surface area contributed by atoms with E-state index in [4.69, 9.17) is 11.6 Å². The van der Waals surface area contributed by atoms with E-state index in [2.05, 4.69) is 27.9 Å². The molecule has 2 aromatic carbocycles. The van der Waals surface area contributed by atoms with E-state index in [1.807, 2.05) is 0 Å². The average Bonchev–Trinajstić information content (AvgIpc) is 2.37. The van der Waals surface area contributed by atoms with E-state index in [0.29, 0.717) is 10.7 Å². The standard InChI is InChI=1S/C14H9ClF2INO/c15-10-6-8(18)4-5-13(10)19-14(20)7-9-11(16)2-1-3-12(9)17/h1-6H,7H2,(H,19,20). The second-order valence-corrected chi connectivity index (χ2v) is 5.70. The molecule has 0 aliphatic carbocycles. The summed E-state index contributed by atoms with van der Waals surface area (Å²) in [6, 6.07) is 8.57. The fourth-order valence-corrected chi connectivity index (χ4v) is 2.55. The normalized spacial score (nSPS) is 10.4. The highest BCUT2D eigenvalue weighted by Crippen LogP contribution is 2.24. The van der Waals surface area contributed by atoms with Crippen molar-refractivity contribution >= 4 is 45.8 Å². The predicted octanol–water partition coefficient (Wildman–Crippen LogP) is 4.40. The number of amides is 1. The Balaban J connectivity index is 2.13. The Morgan fingerprint density at radius 1 is 1.20 bits per heavy atom. The molecule has 0 radical (unpaired) electrons. The van der Waals surface area contributed by atoms with Gasteiger partial charge in [0.1, 0.15) is 11.6 Å². The second-order valence-electron chi connectivity index (χ2n) is 4.05. The van der Waals surface area contributed by atoms with Gasteiger partial charge in [-0.15, -0.1) is 0 Å². The van der Waals surface area contributed by atoms with Gasteiger partial charge in [0.25, 0.3) is 0 Å². The van der Waals surface area contributed by atoms with Crippen LogP contribution in [0.4, 0.5) is 14.5 Å². The molecule has 0 saturated carbocycles. The monoisotopic (exact) mass is 407 g/mol. The van der Waals surface area contributed by atoms with E-state index < -0.39 is 17.5 Å². The zero-order valence-electron chi connectivity index (χ0n) is 10.1. The molecule has 1 N–H and O–H groups in total. The third-order valence-corrected chi connectivity index (χ3v) is 3.59. The Labute approximate surface area is 133 Å². The molecule has 2 rings (SSSR count). The molecule has 0 unspecified atom stereocenters. The summed E-state index contributed by atoms with van der Waals surface area (Å²) in [5.41, 5.74) is 0.153. The zero-order chi connectivity index (χ0) is 14.7. The maximum absolute atomic E-state index is 13.4. The number of rotatable bonds is 3. The van der Waals surface area contributed by atoms with Gasteiger partial charge in [-0.3, -0.25) is 4.79 Å². The van der Waals surface area contributed by atoms with Gasteiger partial charge in [0, 0.05) is 9.13 Å². The van der Waals surface area contributed by atoms with E-state index in [0.717, 1.165) is 15.7 Å². The van der Waals surface area contributed by atoms with Gasteiger partial charge in [-0.25, -0.2) is 8.78 Å². The van der Waals surface area contributed by atoms with Gasteiger partial charge < -0.3 is 5.32 Å². The van der Waals surface area contributed by atoms with E-state index in [-0.39, 0.29) is 12.0 Å². The minimum absolute atomic E-state index is 0.258. The van der Waals surface area contributed by atoms with Crippen LogP contribution in [0.2, 0.25) is 5.02 Å². The first-order valence-corrected chi connectivity index (χ1v) is 7.11. The molecule has 0 spiro atoms. The van der Waals surface area contributed by atoms with Crippen LogP contribution in [0, 0.1) is 15.2 Å². The first-order valence-electron chi connectivity index (χ1n) is 5.65. The van der Waals surface area contributed by atoms with Crippen LogP contribution < -0.4 is 5.32 Å². The number of benzene rings is 2. The summed E-state index contributed by atoms with van der Waals surface area (Å²) in [4.78, 5) is 11.8. The van der Waals surface area contributed by atoms with Crippen molar-refractivity contribution in [3.63, 3.8) is 0 Å². The topological polar surface area (TPSA) is 29.1 Å². The molecular formula is C14H9ClF2INO. The number of anilines is 1. The van der Waals surface area contributed by atoms with Gasteiger partial charge in [-0.05, 0) is 52.9 Å². The van der Waals surface area contributed by atoms with Gasteiger partial charge in [-0.1, -0.05) is 17.7 Å². The molecule has 20 heavy (non-hydrogen) atoms. The highest BCUT2D eigenvalue weighted by atomic mass is 127. The summed E-state index contributed by atoms with van der Waals surface area (Å²) in [6.45, 7) is 0. The highest BCUT2D eigenvalue weighted by Gasteiger charge is 2.14. The lowest BCUT2D eigenvalue weighted by molar-refractivity contribution is -0.115. The molecule has 0 atom stereocenters. The van der Waals surface area contributed by atoms with Crippen LogP contribution in [0.15, 0.2) is 36.4 Å². The Hall–Kier alpha value is -1.21. The fourth-order valence-electron chi connectivity index (χ4n) is 1.65. The number of carbonyl (C=O) groups excluding carboxylic acids is 1. The summed E-state index contributed by atoms with van der Waals surface area (Å²) in [5.74, 6) is -2.01. The average molecular weight is 408 g/mol. The zero-order valence-corrected chi connectivity index (χ0v) is 13.0. The third-order valence-electron chi connectivity index (χ3n) is 2.60. The van der Waals surface area contributed by atoms with Crippen LogP contribution in [0.25, 0.3) is 0 Å². The van der Waals surface area contributed by atoms with Gasteiger partial charge in [-0.2, -0.15) is 0 Å². The molecule has 0 aliphatic heterocycles. The Morgan fingerprint density at radius 3 is 2.45 bits per heavy atom. The molecule has 2 nitrogen and oxygen atoms in total. The first kappa shape index (κ1) is 15.2. The predicted molar refractivity (Wildman–Crippen MR) is 82.9 cm³/mol. The molecule has 104 valence electrons. The van der Waals surface area contributed by atoms with Crippen LogP contribution in [0.1, 0.15) is 5.56 Å². The SMILES string of the molecule is O=C(Cc1c(F)cccc1F)Nc1ccc(I)cc1Cl. The van der Waals surface area contributed by atoms with Gasteiger partial charge in [0.2, 0.25) is 5.91 Å². The van der Waals surface area contributed by atoms with Crippen molar-refractivity contribution in [3.05, 3.63) is 62.2 Å². The largest absolute Gasteiger partial charge is 0.324 e. The lowest BCUT2D eigenvalue weighted by Gasteiger charge is -2.08. The molecule has 0 heterocycles. The summed E-state index contributed by atoms with van der Waals surface area (Å²) in [5, 5.41) is 2.91. The van der Waals surface area contributed by atoms with Crippen molar-refractivity contribution in [3.8, 4) is 0 Å². The number of carbonyl (C=O) groups is 1. The Morgan fingerprint density at radius 2 is 1.85 bits per heavy atom. The molecule has 2 aromatic rings. The smallest absolute Gasteiger partial charge is 0.229 e. The second kappa shape index (κ2) is 6.49. The van der Waals surface area contributed by atoms with Crippen LogP contribution in [0.5, 0.6) is 0 Å². The van der Waals surface area contributed by atoms with E-state index in [1.165, 1.54) is 6.07 Å². The molecule has 0 aliphatic rings. The minimum Gasteiger partial charge on any atom is -0.324 e. The van der Waals surface area contributed by atoms with Gasteiger partial charge >= 0.3 is 0 Å². The third kappa shape index (κ3) is 3.67. The maximum atomic E-state index is 13.4. The molecule has 0 aromatic heterocycles. The minimum atomic E-state index is -0.742. The molecular weight excluding hydrogens is 399 g/mol. The number of nitrogens with one attached hydrogen (secondary N) is 1. The summed E-state index contributed by atoms with van der Waals surface area (Å²) >= 11 is 8.06. The van der Waals surface area contributed by atoms with Crippen LogP contribution in [-0.2, 0) is 11.2 Å². The van der Waals surface area contributed by atoms with E-state index in [1.54, 1.807) is 18.2 Å². The van der Waals surface area contributed by atoms with Crippen LogP contribution in [0.3, 0.4) is 0 Å². The van der Waals surface area contributed by atoms with Crippen molar-refractivity contribution in [2.45, 2.75) is 6.42 Å². The van der Waals surface area contributed by atoms with Crippen molar-refractivity contribution in [2.75, 3.05) is 5.32 Å². The Kier molecular flexibility index (Phi) is 4.93. The van der Waals surface area contributed by atoms with Crippen molar-refractivity contribution in [2.24, 2.45) is 0 Å². The van der Waals surface area contributed by atoms with Crippen molar-refractivity contribution in [1.29, 1.82) is 0 Å². The Bertz CT molecular complexity index is 643. The van der Waals surface area contributed by atoms with Crippen molar-refractivity contribution < 1.29 is 13.6 Å². The number of halogens is 4. The van der Waals surface area contributed by atoms with Gasteiger partial charge in [0.05, 0.1) is 17.1 Å². The maximum Gasteiger partial charge on any atom is 0.229 e. The number of hydrogen-bond acceptors (Lipinski definition) is 1. The lowest BCUT2D eigenvalue weighted by atomic mass is 10.1. The van der Waals surface area contributed by atoms with Crippen molar-refractivity contribution in [1.82, 2.24) is 0 Å². The molecule has 0 saturated heterocycles. The molecule has 1 amide bonds. The summed E-state index contributed by atoms with van der Waals surface area (Å²) in [7, 11) is 0. The summed E-state index contributed by atoms with van der Waals surface area (Å²) < 4.78 is 27.8. The number of hydrogen-bond donors (Lipinski definition) is 1. The lowest BCUT2D eigenvalue weighted by Crippen LogP contribution is -2.16. The van der Waals surface area contributed by atoms with E-state index >= 15 is 0 Å². The van der Waals surface area contributed by atoms with Crippen LogP contribution in [-0.4, -0.2) is 5.91 Å². The van der Waals surface area contributed by atoms with Crippen LogP contribution >= 0.6 is 34.2 Å². The first-order chi connectivity index (χ1) is 9.47. The molecule has 6 heteroatoms. The van der Waals surface area contributed by atoms with E-state index in [9.17, 15) is 13.6 Å². The molecule has 0 fully saturated rings. The fraction of sp³-hybridized carbons (Fsp3) is 0.0714.